The van der Waals surface area contributed by atoms with Crippen molar-refractivity contribution in [1.29, 1.82) is 0 Å². The zero-order valence-corrected chi connectivity index (χ0v) is 13.4. The number of amides is 2. The summed E-state index contributed by atoms with van der Waals surface area (Å²) in [4.78, 5) is 23.2. The fraction of sp³-hybridized carbons (Fsp3) is 0.385. The minimum Gasteiger partial charge on any atom is -0.348 e. The van der Waals surface area contributed by atoms with Gasteiger partial charge in [0.1, 0.15) is 0 Å². The first kappa shape index (κ1) is 17.1. The lowest BCUT2D eigenvalue weighted by atomic mass is 10.3. The molecule has 0 atom stereocenters. The second-order valence-corrected chi connectivity index (χ2v) is 5.86. The Morgan fingerprint density at radius 2 is 1.95 bits per heavy atom. The van der Waals surface area contributed by atoms with Crippen LogP contribution in [0.25, 0.3) is 0 Å². The number of anilines is 1. The molecule has 0 fully saturated rings. The van der Waals surface area contributed by atoms with Gasteiger partial charge < -0.3 is 10.6 Å². The number of rotatable bonds is 6. The van der Waals surface area contributed by atoms with Crippen molar-refractivity contribution < 1.29 is 9.59 Å². The van der Waals surface area contributed by atoms with E-state index in [1.54, 1.807) is 23.9 Å². The van der Waals surface area contributed by atoms with Crippen LogP contribution in [0, 0.1) is 0 Å². The highest BCUT2D eigenvalue weighted by atomic mass is 35.5. The SMILES string of the molecule is CSCCCCNC(=O)C(=O)Nc1ccc(Cl)cc1Cl. The van der Waals surface area contributed by atoms with Crippen molar-refractivity contribution in [2.75, 3.05) is 23.9 Å². The Kier molecular flexibility index (Phi) is 7.80. The third-order valence-electron chi connectivity index (χ3n) is 2.45. The van der Waals surface area contributed by atoms with Crippen molar-refractivity contribution in [2.45, 2.75) is 12.8 Å². The highest BCUT2D eigenvalue weighted by molar-refractivity contribution is 7.98. The van der Waals surface area contributed by atoms with Gasteiger partial charge in [0.15, 0.2) is 0 Å². The number of unbranched alkanes of at least 4 members (excludes halogenated alkanes) is 1. The molecule has 0 aliphatic carbocycles. The summed E-state index contributed by atoms with van der Waals surface area (Å²) in [5.41, 5.74) is 0.360. The molecule has 0 aliphatic rings. The Labute approximate surface area is 132 Å². The molecule has 0 spiro atoms. The van der Waals surface area contributed by atoms with Crippen molar-refractivity contribution >= 4 is 52.5 Å². The van der Waals surface area contributed by atoms with Crippen molar-refractivity contribution in [3.05, 3.63) is 28.2 Å². The molecule has 7 heteroatoms. The van der Waals surface area contributed by atoms with Gasteiger partial charge in [0.2, 0.25) is 0 Å². The van der Waals surface area contributed by atoms with Gasteiger partial charge in [-0.1, -0.05) is 23.2 Å². The molecule has 0 saturated heterocycles. The first-order valence-electron chi connectivity index (χ1n) is 6.07. The van der Waals surface area contributed by atoms with E-state index in [9.17, 15) is 9.59 Å². The zero-order valence-electron chi connectivity index (χ0n) is 11.0. The Balaban J connectivity index is 2.39. The van der Waals surface area contributed by atoms with Gasteiger partial charge in [-0.2, -0.15) is 11.8 Å². The fourth-order valence-corrected chi connectivity index (χ4v) is 2.37. The first-order chi connectivity index (χ1) is 9.54. The quantitative estimate of drug-likeness (QED) is 0.620. The standard InChI is InChI=1S/C13H16Cl2N2O2S/c1-20-7-3-2-6-16-12(18)13(19)17-11-5-4-9(14)8-10(11)15/h4-5,8H,2-3,6-7H2,1H3,(H,16,18)(H,17,19). The number of carbonyl (C=O) groups is 2. The van der Waals surface area contributed by atoms with E-state index in [0.29, 0.717) is 22.3 Å². The van der Waals surface area contributed by atoms with E-state index in [1.807, 2.05) is 6.26 Å². The lowest BCUT2D eigenvalue weighted by Gasteiger charge is -2.08. The average Bonchev–Trinajstić information content (AvgIpc) is 2.41. The van der Waals surface area contributed by atoms with Crippen molar-refractivity contribution in [1.82, 2.24) is 5.32 Å². The number of benzene rings is 1. The minimum atomic E-state index is -0.737. The van der Waals surface area contributed by atoms with Crippen LogP contribution in [0.15, 0.2) is 18.2 Å². The Morgan fingerprint density at radius 3 is 2.60 bits per heavy atom. The molecule has 0 radical (unpaired) electrons. The summed E-state index contributed by atoms with van der Waals surface area (Å²) in [6, 6.07) is 4.64. The maximum Gasteiger partial charge on any atom is 0.313 e. The maximum absolute atomic E-state index is 11.7. The molecular formula is C13H16Cl2N2O2S. The summed E-state index contributed by atoms with van der Waals surface area (Å²) < 4.78 is 0. The monoisotopic (exact) mass is 334 g/mol. The van der Waals surface area contributed by atoms with E-state index < -0.39 is 11.8 Å². The third kappa shape index (κ3) is 6.03. The van der Waals surface area contributed by atoms with Crippen LogP contribution in [0.5, 0.6) is 0 Å². The van der Waals surface area contributed by atoms with Crippen LogP contribution in [0.3, 0.4) is 0 Å². The van der Waals surface area contributed by atoms with Crippen molar-refractivity contribution in [3.8, 4) is 0 Å². The highest BCUT2D eigenvalue weighted by Gasteiger charge is 2.14. The summed E-state index contributed by atoms with van der Waals surface area (Å²) in [7, 11) is 0. The van der Waals surface area contributed by atoms with Gasteiger partial charge in [0, 0.05) is 11.6 Å². The number of thioether (sulfide) groups is 1. The van der Waals surface area contributed by atoms with Gasteiger partial charge >= 0.3 is 11.8 Å². The van der Waals surface area contributed by atoms with Crippen LogP contribution in [0.2, 0.25) is 10.0 Å². The van der Waals surface area contributed by atoms with Crippen LogP contribution >= 0.6 is 35.0 Å². The molecule has 0 saturated carbocycles. The summed E-state index contributed by atoms with van der Waals surface area (Å²) in [6.45, 7) is 0.487. The van der Waals surface area contributed by atoms with Crippen LogP contribution < -0.4 is 10.6 Å². The Bertz CT molecular complexity index is 483. The fourth-order valence-electron chi connectivity index (χ4n) is 1.42. The van der Waals surface area contributed by atoms with E-state index in [1.165, 1.54) is 6.07 Å². The molecule has 1 rings (SSSR count). The number of halogens is 2. The molecule has 110 valence electrons. The van der Waals surface area contributed by atoms with Gasteiger partial charge in [-0.25, -0.2) is 0 Å². The van der Waals surface area contributed by atoms with E-state index in [-0.39, 0.29) is 0 Å². The largest absolute Gasteiger partial charge is 0.348 e. The molecule has 2 amide bonds. The van der Waals surface area contributed by atoms with Gasteiger partial charge in [-0.3, -0.25) is 9.59 Å². The molecule has 0 aromatic heterocycles. The van der Waals surface area contributed by atoms with E-state index >= 15 is 0 Å². The van der Waals surface area contributed by atoms with E-state index in [2.05, 4.69) is 10.6 Å². The lowest BCUT2D eigenvalue weighted by Crippen LogP contribution is -2.36. The topological polar surface area (TPSA) is 58.2 Å². The number of nitrogens with one attached hydrogen (secondary N) is 2. The molecule has 1 aromatic carbocycles. The number of carbonyl (C=O) groups excluding carboxylic acids is 2. The molecule has 1 aromatic rings. The van der Waals surface area contributed by atoms with Gasteiger partial charge in [0.05, 0.1) is 10.7 Å². The number of hydrogen-bond donors (Lipinski definition) is 2. The van der Waals surface area contributed by atoms with Crippen molar-refractivity contribution in [2.24, 2.45) is 0 Å². The zero-order chi connectivity index (χ0) is 15.0. The number of hydrogen-bond acceptors (Lipinski definition) is 3. The second kappa shape index (κ2) is 9.10. The summed E-state index contributed by atoms with van der Waals surface area (Å²) in [5, 5.41) is 5.76. The maximum atomic E-state index is 11.7. The van der Waals surface area contributed by atoms with Gasteiger partial charge in [0.25, 0.3) is 0 Å². The highest BCUT2D eigenvalue weighted by Crippen LogP contribution is 2.25. The molecule has 0 bridgehead atoms. The van der Waals surface area contributed by atoms with Gasteiger partial charge in [-0.05, 0) is 43.0 Å². The summed E-state index contributed by atoms with van der Waals surface area (Å²) >= 11 is 13.4. The van der Waals surface area contributed by atoms with Gasteiger partial charge in [-0.15, -0.1) is 0 Å². The smallest absolute Gasteiger partial charge is 0.313 e. The average molecular weight is 335 g/mol. The normalized spacial score (nSPS) is 10.2. The lowest BCUT2D eigenvalue weighted by molar-refractivity contribution is -0.136. The predicted octanol–water partition coefficient (Wildman–Crippen LogP) is 3.19. The first-order valence-corrected chi connectivity index (χ1v) is 8.22. The minimum absolute atomic E-state index is 0.290. The van der Waals surface area contributed by atoms with Crippen LogP contribution in [-0.2, 0) is 9.59 Å². The van der Waals surface area contributed by atoms with Crippen molar-refractivity contribution in [3.63, 3.8) is 0 Å². The Hall–Kier alpha value is -0.910. The molecular weight excluding hydrogens is 319 g/mol. The van der Waals surface area contributed by atoms with E-state index in [0.717, 1.165) is 18.6 Å². The molecule has 0 heterocycles. The predicted molar refractivity (Wildman–Crippen MR) is 85.7 cm³/mol. The molecule has 20 heavy (non-hydrogen) atoms. The summed E-state index contributed by atoms with van der Waals surface area (Å²) in [6.07, 6.45) is 3.88. The second-order valence-electron chi connectivity index (χ2n) is 4.03. The van der Waals surface area contributed by atoms with Crippen LogP contribution in [0.4, 0.5) is 5.69 Å². The molecule has 0 unspecified atom stereocenters. The van der Waals surface area contributed by atoms with Crippen LogP contribution in [0.1, 0.15) is 12.8 Å². The molecule has 0 aliphatic heterocycles. The van der Waals surface area contributed by atoms with Crippen LogP contribution in [-0.4, -0.2) is 30.4 Å². The summed E-state index contributed by atoms with van der Waals surface area (Å²) in [5.74, 6) is -0.359. The van der Waals surface area contributed by atoms with E-state index in [4.69, 9.17) is 23.2 Å². The molecule has 4 nitrogen and oxygen atoms in total. The molecule has 2 N–H and O–H groups in total. The Morgan fingerprint density at radius 1 is 1.20 bits per heavy atom. The third-order valence-corrected chi connectivity index (χ3v) is 3.69.